The van der Waals surface area contributed by atoms with Crippen LogP contribution in [-0.2, 0) is 9.53 Å². The fourth-order valence-corrected chi connectivity index (χ4v) is 3.71. The lowest BCUT2D eigenvalue weighted by Crippen LogP contribution is -2.37. The summed E-state index contributed by atoms with van der Waals surface area (Å²) in [5.41, 5.74) is 7.28. The summed E-state index contributed by atoms with van der Waals surface area (Å²) in [5.74, 6) is 0.259. The Morgan fingerprint density at radius 1 is 1.10 bits per heavy atom. The first-order valence-electron chi connectivity index (χ1n) is 10.4. The molecule has 1 aromatic carbocycles. The van der Waals surface area contributed by atoms with Gasteiger partial charge in [0.1, 0.15) is 11.9 Å². The van der Waals surface area contributed by atoms with Gasteiger partial charge < -0.3 is 20.3 Å². The monoisotopic (exact) mass is 427 g/mol. The number of aromatic nitrogens is 2. The average Bonchev–Trinajstić information content (AvgIpc) is 3.26. The summed E-state index contributed by atoms with van der Waals surface area (Å²) in [7, 11) is 3.63. The normalized spacial score (nSPS) is 15.8. The number of nitrogen functional groups attached to an aromatic ring is 1. The number of anilines is 2. The molecule has 9 heteroatoms. The zero-order valence-corrected chi connectivity index (χ0v) is 18.5. The molecule has 0 saturated carbocycles. The standard InChI is InChI=1S/C22H29N5O4/c1-13(28)15-11-17-18(12-16(15)14(2)29)24-22(25-20(17)23)27(4)9-6-8-26(3)21(30)19-7-5-10-31-19/h11-12,19H,5-10H2,1-4H3,(H2,23,24,25). The lowest BCUT2D eigenvalue weighted by molar-refractivity contribution is -0.139. The maximum atomic E-state index is 12.3. The van der Waals surface area contributed by atoms with E-state index in [0.29, 0.717) is 54.1 Å². The van der Waals surface area contributed by atoms with Crippen LogP contribution in [0.25, 0.3) is 10.9 Å². The Morgan fingerprint density at radius 3 is 2.39 bits per heavy atom. The van der Waals surface area contributed by atoms with Gasteiger partial charge in [-0.1, -0.05) is 0 Å². The molecule has 0 aliphatic carbocycles. The van der Waals surface area contributed by atoms with Crippen molar-refractivity contribution in [2.75, 3.05) is 44.4 Å². The van der Waals surface area contributed by atoms with Gasteiger partial charge in [-0.25, -0.2) is 4.98 Å². The van der Waals surface area contributed by atoms with Crippen molar-refractivity contribution in [2.45, 2.75) is 39.2 Å². The number of benzene rings is 1. The molecule has 31 heavy (non-hydrogen) atoms. The Hall–Kier alpha value is -3.07. The number of ether oxygens (including phenoxy) is 1. The van der Waals surface area contributed by atoms with E-state index in [1.54, 1.807) is 24.1 Å². The fourth-order valence-electron chi connectivity index (χ4n) is 3.71. The molecular weight excluding hydrogens is 398 g/mol. The maximum absolute atomic E-state index is 12.3. The topological polar surface area (TPSA) is 119 Å². The van der Waals surface area contributed by atoms with Crippen LogP contribution >= 0.6 is 0 Å². The summed E-state index contributed by atoms with van der Waals surface area (Å²) in [6.07, 6.45) is 2.10. The molecule has 0 spiro atoms. The number of amides is 1. The van der Waals surface area contributed by atoms with E-state index in [1.807, 2.05) is 11.9 Å². The molecule has 1 amide bonds. The van der Waals surface area contributed by atoms with Gasteiger partial charge in [-0.15, -0.1) is 0 Å². The number of nitrogens with two attached hydrogens (primary N) is 1. The first-order valence-corrected chi connectivity index (χ1v) is 10.4. The molecule has 1 aliphatic rings. The first-order chi connectivity index (χ1) is 14.7. The zero-order chi connectivity index (χ0) is 22.7. The number of likely N-dealkylation sites (N-methyl/N-ethyl adjacent to an activating group) is 1. The number of carbonyl (C=O) groups excluding carboxylic acids is 3. The third kappa shape index (κ3) is 4.99. The number of hydrogen-bond donors (Lipinski definition) is 1. The summed E-state index contributed by atoms with van der Waals surface area (Å²) in [5, 5.41) is 0.536. The Bertz CT molecular complexity index is 1020. The van der Waals surface area contributed by atoms with E-state index in [2.05, 4.69) is 9.97 Å². The third-order valence-corrected chi connectivity index (χ3v) is 5.52. The van der Waals surface area contributed by atoms with E-state index >= 15 is 0 Å². The lowest BCUT2D eigenvalue weighted by Gasteiger charge is -2.23. The molecule has 9 nitrogen and oxygen atoms in total. The van der Waals surface area contributed by atoms with Gasteiger partial charge in [-0.3, -0.25) is 14.4 Å². The molecule has 1 unspecified atom stereocenters. The minimum atomic E-state index is -0.318. The molecule has 0 bridgehead atoms. The Morgan fingerprint density at radius 2 is 1.77 bits per heavy atom. The van der Waals surface area contributed by atoms with Gasteiger partial charge in [-0.2, -0.15) is 4.98 Å². The number of carbonyl (C=O) groups is 3. The first kappa shape index (κ1) is 22.6. The molecule has 1 aliphatic heterocycles. The summed E-state index contributed by atoms with van der Waals surface area (Å²) in [6.45, 7) is 4.67. The predicted octanol–water partition coefficient (Wildman–Crippen LogP) is 2.08. The van der Waals surface area contributed by atoms with Gasteiger partial charge in [0.05, 0.1) is 5.52 Å². The van der Waals surface area contributed by atoms with Gasteiger partial charge >= 0.3 is 0 Å². The summed E-state index contributed by atoms with van der Waals surface area (Å²) in [4.78, 5) is 48.7. The smallest absolute Gasteiger partial charge is 0.251 e. The van der Waals surface area contributed by atoms with Crippen molar-refractivity contribution in [3.63, 3.8) is 0 Å². The van der Waals surface area contributed by atoms with Gasteiger partial charge in [0, 0.05) is 50.3 Å². The molecular formula is C22H29N5O4. The largest absolute Gasteiger partial charge is 0.383 e. The second-order valence-corrected chi connectivity index (χ2v) is 7.97. The van der Waals surface area contributed by atoms with E-state index < -0.39 is 0 Å². The van der Waals surface area contributed by atoms with Crippen molar-refractivity contribution in [3.05, 3.63) is 23.3 Å². The Kier molecular flexibility index (Phi) is 6.84. The van der Waals surface area contributed by atoms with Crippen molar-refractivity contribution in [1.29, 1.82) is 0 Å². The SMILES string of the molecule is CC(=O)c1cc2nc(N(C)CCCN(C)C(=O)C3CCCO3)nc(N)c2cc1C(C)=O. The second kappa shape index (κ2) is 9.38. The lowest BCUT2D eigenvalue weighted by atomic mass is 9.99. The molecule has 1 saturated heterocycles. The van der Waals surface area contributed by atoms with Crippen LogP contribution in [0.5, 0.6) is 0 Å². The summed E-state index contributed by atoms with van der Waals surface area (Å²) in [6, 6.07) is 3.18. The molecule has 1 aromatic heterocycles. The van der Waals surface area contributed by atoms with E-state index in [4.69, 9.17) is 10.5 Å². The molecule has 2 aromatic rings. The van der Waals surface area contributed by atoms with E-state index in [9.17, 15) is 14.4 Å². The number of fused-ring (bicyclic) bond motifs is 1. The maximum Gasteiger partial charge on any atom is 0.251 e. The fraction of sp³-hybridized carbons (Fsp3) is 0.500. The molecule has 166 valence electrons. The number of hydrogen-bond acceptors (Lipinski definition) is 8. The van der Waals surface area contributed by atoms with Gasteiger partial charge in [0.25, 0.3) is 5.91 Å². The van der Waals surface area contributed by atoms with Crippen molar-refractivity contribution >= 4 is 40.1 Å². The van der Waals surface area contributed by atoms with Crippen molar-refractivity contribution < 1.29 is 19.1 Å². The quantitative estimate of drug-likeness (QED) is 0.636. The van der Waals surface area contributed by atoms with Crippen LogP contribution in [0.15, 0.2) is 12.1 Å². The predicted molar refractivity (Wildman–Crippen MR) is 118 cm³/mol. The summed E-state index contributed by atoms with van der Waals surface area (Å²) >= 11 is 0. The van der Waals surface area contributed by atoms with Gasteiger partial charge in [0.15, 0.2) is 11.6 Å². The highest BCUT2D eigenvalue weighted by Gasteiger charge is 2.26. The molecule has 0 radical (unpaired) electrons. The molecule has 3 rings (SSSR count). The van der Waals surface area contributed by atoms with Crippen LogP contribution in [0, 0.1) is 0 Å². The average molecular weight is 428 g/mol. The molecule has 2 N–H and O–H groups in total. The molecule has 2 heterocycles. The Labute approximate surface area is 181 Å². The summed E-state index contributed by atoms with van der Waals surface area (Å²) < 4.78 is 5.46. The van der Waals surface area contributed by atoms with Crippen molar-refractivity contribution in [3.8, 4) is 0 Å². The second-order valence-electron chi connectivity index (χ2n) is 7.97. The number of rotatable bonds is 8. The van der Waals surface area contributed by atoms with Crippen LogP contribution in [0.3, 0.4) is 0 Å². The molecule has 1 atom stereocenters. The highest BCUT2D eigenvalue weighted by Crippen LogP contribution is 2.26. The number of ketones is 2. The van der Waals surface area contributed by atoms with Gasteiger partial charge in [-0.05, 0) is 45.2 Å². The van der Waals surface area contributed by atoms with E-state index in [-0.39, 0.29) is 29.4 Å². The van der Waals surface area contributed by atoms with Crippen molar-refractivity contribution in [1.82, 2.24) is 14.9 Å². The number of Topliss-reactive ketones (excluding diaryl/α,β-unsaturated/α-hetero) is 2. The molecule has 1 fully saturated rings. The highest BCUT2D eigenvalue weighted by molar-refractivity contribution is 6.11. The van der Waals surface area contributed by atoms with Crippen LogP contribution in [-0.4, -0.2) is 72.2 Å². The van der Waals surface area contributed by atoms with Crippen LogP contribution in [0.1, 0.15) is 53.8 Å². The Balaban J connectivity index is 1.72. The number of nitrogens with zero attached hydrogens (tertiary/aromatic N) is 4. The zero-order valence-electron chi connectivity index (χ0n) is 18.5. The minimum Gasteiger partial charge on any atom is -0.383 e. The highest BCUT2D eigenvalue weighted by atomic mass is 16.5. The van der Waals surface area contributed by atoms with E-state index in [0.717, 1.165) is 12.8 Å². The minimum absolute atomic E-state index is 0.0180. The van der Waals surface area contributed by atoms with Crippen LogP contribution < -0.4 is 10.6 Å². The van der Waals surface area contributed by atoms with E-state index in [1.165, 1.54) is 13.8 Å². The van der Waals surface area contributed by atoms with Gasteiger partial charge in [0.2, 0.25) is 5.95 Å². The van der Waals surface area contributed by atoms with Crippen LogP contribution in [0.4, 0.5) is 11.8 Å². The third-order valence-electron chi connectivity index (χ3n) is 5.52. The van der Waals surface area contributed by atoms with Crippen LogP contribution in [0.2, 0.25) is 0 Å². The van der Waals surface area contributed by atoms with Crippen molar-refractivity contribution in [2.24, 2.45) is 0 Å².